The Hall–Kier alpha value is -2.41. The predicted molar refractivity (Wildman–Crippen MR) is 103 cm³/mol. The summed E-state index contributed by atoms with van der Waals surface area (Å²) in [4.78, 5) is 12.7. The van der Waals surface area contributed by atoms with Crippen LogP contribution in [0.3, 0.4) is 0 Å². The van der Waals surface area contributed by atoms with Gasteiger partial charge in [-0.15, -0.1) is 5.10 Å². The molecular formula is C19H23N5OS. The topological polar surface area (TPSA) is 65.6 Å². The van der Waals surface area contributed by atoms with Crippen LogP contribution in [0.2, 0.25) is 0 Å². The van der Waals surface area contributed by atoms with Crippen LogP contribution in [-0.2, 0) is 6.54 Å². The molecule has 0 saturated heterocycles. The number of hydrogen-bond acceptors (Lipinski definition) is 5. The summed E-state index contributed by atoms with van der Waals surface area (Å²) in [6.07, 6.45) is 0. The summed E-state index contributed by atoms with van der Waals surface area (Å²) in [5, 5.41) is 12.6. The van der Waals surface area contributed by atoms with Gasteiger partial charge in [-0.25, -0.2) is 0 Å². The molecule has 0 bridgehead atoms. The van der Waals surface area contributed by atoms with Gasteiger partial charge in [0.05, 0.1) is 11.4 Å². The zero-order valence-corrected chi connectivity index (χ0v) is 16.6. The maximum absolute atomic E-state index is 12.7. The average molecular weight is 369 g/mol. The fourth-order valence-corrected chi connectivity index (χ4v) is 3.93. The molecule has 0 unspecified atom stereocenters. The second kappa shape index (κ2) is 7.45. The lowest BCUT2D eigenvalue weighted by Gasteiger charge is -2.09. The summed E-state index contributed by atoms with van der Waals surface area (Å²) in [6, 6.07) is 8.00. The van der Waals surface area contributed by atoms with Crippen LogP contribution in [0.5, 0.6) is 0 Å². The Morgan fingerprint density at radius 3 is 2.65 bits per heavy atom. The Morgan fingerprint density at radius 2 is 1.96 bits per heavy atom. The van der Waals surface area contributed by atoms with Crippen LogP contribution >= 0.6 is 11.8 Å². The molecule has 0 aliphatic rings. The number of benzene rings is 1. The molecule has 0 radical (unpaired) electrons. The SMILES string of the molecule is CCn1c(C)cc(C(=O)CSc2nnnn2-c2cccc(C)c2C)c1C. The van der Waals surface area contributed by atoms with Crippen molar-refractivity contribution in [1.29, 1.82) is 0 Å². The summed E-state index contributed by atoms with van der Waals surface area (Å²) in [6.45, 7) is 11.1. The number of tetrazole rings is 1. The lowest BCUT2D eigenvalue weighted by Crippen LogP contribution is -2.07. The maximum atomic E-state index is 12.7. The number of hydrogen-bond donors (Lipinski definition) is 0. The predicted octanol–water partition coefficient (Wildman–Crippen LogP) is 3.69. The van der Waals surface area contributed by atoms with Gasteiger partial charge in [0.2, 0.25) is 5.16 Å². The average Bonchev–Trinajstić information content (AvgIpc) is 3.19. The van der Waals surface area contributed by atoms with Gasteiger partial charge in [-0.05, 0) is 68.3 Å². The van der Waals surface area contributed by atoms with Crippen molar-refractivity contribution >= 4 is 17.5 Å². The minimum absolute atomic E-state index is 0.0957. The summed E-state index contributed by atoms with van der Waals surface area (Å²) in [5.41, 5.74) is 6.15. The molecule has 6 nitrogen and oxygen atoms in total. The van der Waals surface area contributed by atoms with Crippen LogP contribution < -0.4 is 0 Å². The van der Waals surface area contributed by atoms with Crippen molar-refractivity contribution in [2.45, 2.75) is 46.3 Å². The van der Waals surface area contributed by atoms with E-state index in [0.29, 0.717) is 10.9 Å². The first-order valence-electron chi connectivity index (χ1n) is 8.61. The summed E-state index contributed by atoms with van der Waals surface area (Å²) in [5.74, 6) is 0.400. The number of rotatable bonds is 6. The molecule has 7 heteroatoms. The number of carbonyl (C=O) groups excluding carboxylic acids is 1. The van der Waals surface area contributed by atoms with Gasteiger partial charge in [0.15, 0.2) is 5.78 Å². The highest BCUT2D eigenvalue weighted by Gasteiger charge is 2.18. The molecule has 0 amide bonds. The van der Waals surface area contributed by atoms with Gasteiger partial charge >= 0.3 is 0 Å². The third-order valence-corrected chi connectivity index (χ3v) is 5.69. The van der Waals surface area contributed by atoms with E-state index < -0.39 is 0 Å². The van der Waals surface area contributed by atoms with E-state index in [1.54, 1.807) is 4.68 Å². The first-order valence-corrected chi connectivity index (χ1v) is 9.60. The molecule has 0 aliphatic carbocycles. The lowest BCUT2D eigenvalue weighted by molar-refractivity contribution is 0.102. The van der Waals surface area contributed by atoms with Crippen LogP contribution in [0.1, 0.15) is 39.8 Å². The zero-order chi connectivity index (χ0) is 18.8. The number of aryl methyl sites for hydroxylation is 2. The summed E-state index contributed by atoms with van der Waals surface area (Å²) in [7, 11) is 0. The number of Topliss-reactive ketones (excluding diaryl/α,β-unsaturated/α-hetero) is 1. The first-order chi connectivity index (χ1) is 12.4. The van der Waals surface area contributed by atoms with Crippen molar-refractivity contribution in [3.8, 4) is 5.69 Å². The van der Waals surface area contributed by atoms with Crippen molar-refractivity contribution in [1.82, 2.24) is 24.8 Å². The highest BCUT2D eigenvalue weighted by atomic mass is 32.2. The fraction of sp³-hybridized carbons (Fsp3) is 0.368. The number of ketones is 1. The molecule has 3 aromatic rings. The number of nitrogens with zero attached hydrogens (tertiary/aromatic N) is 5. The van der Waals surface area contributed by atoms with Crippen LogP contribution in [0.25, 0.3) is 5.69 Å². The van der Waals surface area contributed by atoms with Crippen LogP contribution in [0.15, 0.2) is 29.4 Å². The van der Waals surface area contributed by atoms with Gasteiger partial charge in [-0.2, -0.15) is 4.68 Å². The van der Waals surface area contributed by atoms with E-state index in [0.717, 1.165) is 34.7 Å². The lowest BCUT2D eigenvalue weighted by atomic mass is 10.1. The van der Waals surface area contributed by atoms with E-state index in [4.69, 9.17) is 0 Å². The van der Waals surface area contributed by atoms with Crippen molar-refractivity contribution in [2.75, 3.05) is 5.75 Å². The van der Waals surface area contributed by atoms with Gasteiger partial charge in [0, 0.05) is 23.5 Å². The van der Waals surface area contributed by atoms with E-state index in [1.165, 1.54) is 17.3 Å². The zero-order valence-electron chi connectivity index (χ0n) is 15.8. The molecule has 2 heterocycles. The van der Waals surface area contributed by atoms with Gasteiger partial charge in [-0.3, -0.25) is 4.79 Å². The summed E-state index contributed by atoms with van der Waals surface area (Å²) >= 11 is 1.37. The Morgan fingerprint density at radius 1 is 1.19 bits per heavy atom. The highest BCUT2D eigenvalue weighted by Crippen LogP contribution is 2.24. The smallest absolute Gasteiger partial charge is 0.214 e. The molecule has 3 rings (SSSR count). The second-order valence-electron chi connectivity index (χ2n) is 6.33. The molecule has 2 aromatic heterocycles. The molecule has 0 fully saturated rings. The molecule has 0 atom stereocenters. The first kappa shape index (κ1) is 18.4. The third-order valence-electron chi connectivity index (χ3n) is 4.77. The minimum atomic E-state index is 0.0957. The fourth-order valence-electron chi connectivity index (χ4n) is 3.16. The molecule has 26 heavy (non-hydrogen) atoms. The standard InChI is InChI=1S/C19H23N5OS/c1-6-23-13(3)10-16(15(23)5)18(25)11-26-19-20-21-22-24(19)17-9-7-8-12(2)14(17)4/h7-10H,6,11H2,1-5H3. The van der Waals surface area contributed by atoms with Gasteiger partial charge in [-0.1, -0.05) is 23.9 Å². The normalized spacial score (nSPS) is 11.1. The number of thioether (sulfide) groups is 1. The largest absolute Gasteiger partial charge is 0.349 e. The molecule has 0 spiro atoms. The Balaban J connectivity index is 1.81. The Bertz CT molecular complexity index is 957. The van der Waals surface area contributed by atoms with Crippen molar-refractivity contribution in [2.24, 2.45) is 0 Å². The van der Waals surface area contributed by atoms with Gasteiger partial charge in [0.1, 0.15) is 0 Å². The molecule has 1 aromatic carbocycles. The monoisotopic (exact) mass is 369 g/mol. The number of carbonyl (C=O) groups is 1. The molecule has 0 saturated carbocycles. The van der Waals surface area contributed by atoms with Gasteiger partial charge < -0.3 is 4.57 Å². The summed E-state index contributed by atoms with van der Waals surface area (Å²) < 4.78 is 3.85. The van der Waals surface area contributed by atoms with Crippen molar-refractivity contribution < 1.29 is 4.79 Å². The quantitative estimate of drug-likeness (QED) is 0.490. The third kappa shape index (κ3) is 3.31. The van der Waals surface area contributed by atoms with Crippen molar-refractivity contribution in [3.63, 3.8) is 0 Å². The molecule has 136 valence electrons. The molecule has 0 N–H and O–H groups in total. The van der Waals surface area contributed by atoms with E-state index in [2.05, 4.69) is 40.0 Å². The highest BCUT2D eigenvalue weighted by molar-refractivity contribution is 7.99. The molecule has 0 aliphatic heterocycles. The van der Waals surface area contributed by atoms with E-state index in [9.17, 15) is 4.79 Å². The Kier molecular flexibility index (Phi) is 5.27. The molecular weight excluding hydrogens is 346 g/mol. The maximum Gasteiger partial charge on any atom is 0.214 e. The minimum Gasteiger partial charge on any atom is -0.349 e. The van der Waals surface area contributed by atoms with Crippen LogP contribution in [-0.4, -0.2) is 36.3 Å². The number of aromatic nitrogens is 5. The van der Waals surface area contributed by atoms with Crippen LogP contribution in [0, 0.1) is 27.7 Å². The van der Waals surface area contributed by atoms with E-state index in [-0.39, 0.29) is 5.78 Å². The Labute approximate surface area is 157 Å². The van der Waals surface area contributed by atoms with E-state index >= 15 is 0 Å². The van der Waals surface area contributed by atoms with E-state index in [1.807, 2.05) is 39.0 Å². The second-order valence-corrected chi connectivity index (χ2v) is 7.28. The van der Waals surface area contributed by atoms with Crippen molar-refractivity contribution in [3.05, 3.63) is 52.3 Å². The van der Waals surface area contributed by atoms with Crippen LogP contribution in [0.4, 0.5) is 0 Å². The van der Waals surface area contributed by atoms with Gasteiger partial charge in [0.25, 0.3) is 0 Å².